The van der Waals surface area contributed by atoms with E-state index in [-0.39, 0.29) is 6.61 Å². The second kappa shape index (κ2) is 4.50. The van der Waals surface area contributed by atoms with Gasteiger partial charge in [-0.25, -0.2) is 0 Å². The zero-order valence-corrected chi connectivity index (χ0v) is 7.54. The second-order valence-electron chi connectivity index (χ2n) is 2.71. The van der Waals surface area contributed by atoms with E-state index in [1.54, 1.807) is 6.07 Å². The Morgan fingerprint density at radius 3 is 2.92 bits per heavy atom. The van der Waals surface area contributed by atoms with Crippen molar-refractivity contribution < 1.29 is 9.53 Å². The maximum absolute atomic E-state index is 10.3. The summed E-state index contributed by atoms with van der Waals surface area (Å²) in [6.07, 6.45) is 0.937. The third-order valence-electron chi connectivity index (χ3n) is 1.68. The summed E-state index contributed by atoms with van der Waals surface area (Å²) in [4.78, 5) is 10.3. The van der Waals surface area contributed by atoms with Crippen LogP contribution in [0.15, 0.2) is 24.3 Å². The molecule has 1 N–H and O–H groups in total. The van der Waals surface area contributed by atoms with Crippen molar-refractivity contribution in [2.24, 2.45) is 0 Å². The third kappa shape index (κ3) is 3.15. The average molecular weight is 178 g/mol. The van der Waals surface area contributed by atoms with Gasteiger partial charge in [0.05, 0.1) is 0 Å². The highest BCUT2D eigenvalue weighted by Gasteiger charge is 1.98. The van der Waals surface area contributed by atoms with Gasteiger partial charge in [-0.1, -0.05) is 19.1 Å². The van der Waals surface area contributed by atoms with Crippen molar-refractivity contribution >= 4 is 5.91 Å². The Bertz CT molecular complexity index is 297. The number of amides is 1. The topological polar surface area (TPSA) is 50.1 Å². The monoisotopic (exact) mass is 178 g/mol. The Morgan fingerprint density at radius 2 is 2.31 bits per heavy atom. The van der Waals surface area contributed by atoms with Crippen LogP contribution in [-0.2, 0) is 11.2 Å². The van der Waals surface area contributed by atoms with Crippen LogP contribution in [0.4, 0.5) is 0 Å². The molecule has 0 aliphatic carbocycles. The van der Waals surface area contributed by atoms with E-state index in [1.165, 1.54) is 0 Å². The van der Waals surface area contributed by atoms with Gasteiger partial charge in [0.15, 0.2) is 6.61 Å². The molecule has 13 heavy (non-hydrogen) atoms. The van der Waals surface area contributed by atoms with Gasteiger partial charge in [-0.05, 0) is 24.1 Å². The van der Waals surface area contributed by atoms with Crippen LogP contribution in [-0.4, -0.2) is 12.5 Å². The summed E-state index contributed by atoms with van der Waals surface area (Å²) in [6.45, 7) is 1.88. The third-order valence-corrected chi connectivity index (χ3v) is 1.68. The smallest absolute Gasteiger partial charge is 0.276 e. The van der Waals surface area contributed by atoms with E-state index in [2.05, 4.69) is 6.92 Å². The lowest BCUT2D eigenvalue weighted by Crippen LogP contribution is -2.11. The van der Waals surface area contributed by atoms with Crippen molar-refractivity contribution in [2.45, 2.75) is 13.3 Å². The van der Waals surface area contributed by atoms with E-state index in [1.807, 2.05) is 18.2 Å². The zero-order chi connectivity index (χ0) is 9.68. The first kappa shape index (κ1) is 9.58. The van der Waals surface area contributed by atoms with Crippen LogP contribution in [0.3, 0.4) is 0 Å². The summed E-state index contributed by atoms with van der Waals surface area (Å²) in [5.74, 6) is -0.0538. The minimum Gasteiger partial charge on any atom is -0.484 e. The molecule has 0 spiro atoms. The molecule has 1 rings (SSSR count). The Hall–Kier alpha value is -1.51. The molecule has 0 aliphatic rings. The first-order valence-corrected chi connectivity index (χ1v) is 4.18. The molecule has 1 aromatic carbocycles. The van der Waals surface area contributed by atoms with Gasteiger partial charge in [0.25, 0.3) is 5.91 Å². The average Bonchev–Trinajstić information content (AvgIpc) is 2.15. The number of nitrogens with one attached hydrogen (secondary N) is 1. The predicted molar refractivity (Wildman–Crippen MR) is 49.4 cm³/mol. The molecule has 69 valence electrons. The Morgan fingerprint density at radius 1 is 1.54 bits per heavy atom. The minimum absolute atomic E-state index is 0.173. The summed E-state index contributed by atoms with van der Waals surface area (Å²) in [5.41, 5.74) is 7.82. The minimum atomic E-state index is -0.707. The van der Waals surface area contributed by atoms with Gasteiger partial charge >= 0.3 is 0 Å². The van der Waals surface area contributed by atoms with Crippen molar-refractivity contribution in [2.75, 3.05) is 6.61 Å². The van der Waals surface area contributed by atoms with Crippen LogP contribution >= 0.6 is 0 Å². The summed E-state index contributed by atoms with van der Waals surface area (Å²) >= 11 is 0. The van der Waals surface area contributed by atoms with E-state index in [4.69, 9.17) is 10.5 Å². The first-order valence-electron chi connectivity index (χ1n) is 4.18. The molecule has 0 saturated carbocycles. The number of aryl methyl sites for hydroxylation is 1. The molecule has 0 aliphatic heterocycles. The normalized spacial score (nSPS) is 9.62. The Labute approximate surface area is 77.5 Å². The SMILES string of the molecule is CCc1cccc(OCC([NH])=O)c1. The molecule has 1 amide bonds. The lowest BCUT2D eigenvalue weighted by molar-refractivity contribution is -0.120. The maximum atomic E-state index is 10.3. The van der Waals surface area contributed by atoms with Gasteiger partial charge in [-0.2, -0.15) is 0 Å². The molecule has 0 saturated heterocycles. The Kier molecular flexibility index (Phi) is 3.31. The number of hydrogen-bond acceptors (Lipinski definition) is 2. The zero-order valence-electron chi connectivity index (χ0n) is 7.54. The van der Waals surface area contributed by atoms with Crippen LogP contribution in [0.5, 0.6) is 5.75 Å². The summed E-state index contributed by atoms with van der Waals surface area (Å²) in [7, 11) is 0. The van der Waals surface area contributed by atoms with Gasteiger partial charge in [0.2, 0.25) is 0 Å². The van der Waals surface area contributed by atoms with Crippen LogP contribution in [0, 0.1) is 0 Å². The van der Waals surface area contributed by atoms with E-state index >= 15 is 0 Å². The van der Waals surface area contributed by atoms with Crippen LogP contribution < -0.4 is 10.5 Å². The van der Waals surface area contributed by atoms with Crippen LogP contribution in [0.1, 0.15) is 12.5 Å². The summed E-state index contributed by atoms with van der Waals surface area (Å²) in [5, 5.41) is 0. The van der Waals surface area contributed by atoms with E-state index < -0.39 is 5.91 Å². The van der Waals surface area contributed by atoms with Crippen LogP contribution in [0.25, 0.3) is 0 Å². The van der Waals surface area contributed by atoms with Gasteiger partial charge in [0, 0.05) is 0 Å². The van der Waals surface area contributed by atoms with Crippen molar-refractivity contribution in [1.29, 1.82) is 0 Å². The van der Waals surface area contributed by atoms with E-state index in [9.17, 15) is 4.79 Å². The fourth-order valence-corrected chi connectivity index (χ4v) is 1.00. The largest absolute Gasteiger partial charge is 0.484 e. The standard InChI is InChI=1S/C10H12NO2/c1-2-8-4-3-5-9(6-8)13-7-10(11)12/h3-6,11H,2,7H2,1H3. The predicted octanol–water partition coefficient (Wildman–Crippen LogP) is 1.44. The number of carbonyl (C=O) groups is 1. The summed E-state index contributed by atoms with van der Waals surface area (Å²) in [6, 6.07) is 7.53. The number of ether oxygens (including phenoxy) is 1. The fourth-order valence-electron chi connectivity index (χ4n) is 1.00. The molecule has 0 bridgehead atoms. The molecule has 0 fully saturated rings. The molecule has 0 heterocycles. The van der Waals surface area contributed by atoms with Gasteiger partial charge in [-0.15, -0.1) is 0 Å². The Balaban J connectivity index is 2.61. The highest BCUT2D eigenvalue weighted by molar-refractivity contribution is 5.74. The molecule has 3 nitrogen and oxygen atoms in total. The molecule has 0 unspecified atom stereocenters. The van der Waals surface area contributed by atoms with Crippen LogP contribution in [0.2, 0.25) is 0 Å². The lowest BCUT2D eigenvalue weighted by atomic mass is 10.2. The van der Waals surface area contributed by atoms with Crippen molar-refractivity contribution in [1.82, 2.24) is 5.73 Å². The maximum Gasteiger partial charge on any atom is 0.276 e. The molecule has 1 radical (unpaired) electrons. The molecule has 0 aromatic heterocycles. The van der Waals surface area contributed by atoms with Gasteiger partial charge < -0.3 is 4.74 Å². The molecular weight excluding hydrogens is 166 g/mol. The molecule has 3 heteroatoms. The molecular formula is C10H12NO2. The lowest BCUT2D eigenvalue weighted by Gasteiger charge is -2.04. The van der Waals surface area contributed by atoms with E-state index in [0.717, 1.165) is 12.0 Å². The van der Waals surface area contributed by atoms with Gasteiger partial charge in [-0.3, -0.25) is 10.5 Å². The fraction of sp³-hybridized carbons (Fsp3) is 0.300. The van der Waals surface area contributed by atoms with Gasteiger partial charge in [0.1, 0.15) is 5.75 Å². The number of benzene rings is 1. The van der Waals surface area contributed by atoms with Crippen molar-refractivity contribution in [3.63, 3.8) is 0 Å². The number of hydrogen-bond donors (Lipinski definition) is 0. The quantitative estimate of drug-likeness (QED) is 0.700. The van der Waals surface area contributed by atoms with E-state index in [0.29, 0.717) is 5.75 Å². The second-order valence-corrected chi connectivity index (χ2v) is 2.71. The molecule has 1 aromatic rings. The number of carbonyl (C=O) groups excluding carboxylic acids is 1. The highest BCUT2D eigenvalue weighted by atomic mass is 16.5. The summed E-state index contributed by atoms with van der Waals surface area (Å²) < 4.78 is 5.07. The highest BCUT2D eigenvalue weighted by Crippen LogP contribution is 2.13. The molecule has 0 atom stereocenters. The first-order chi connectivity index (χ1) is 6.22. The number of rotatable bonds is 4. The van der Waals surface area contributed by atoms with Crippen molar-refractivity contribution in [3.8, 4) is 5.75 Å². The van der Waals surface area contributed by atoms with Crippen molar-refractivity contribution in [3.05, 3.63) is 29.8 Å².